The quantitative estimate of drug-likeness (QED) is 0.257. The van der Waals surface area contributed by atoms with E-state index in [-0.39, 0.29) is 19.1 Å². The fourth-order valence-corrected chi connectivity index (χ4v) is 3.04. The number of benzene rings is 2. The van der Waals surface area contributed by atoms with E-state index in [1.54, 1.807) is 37.3 Å². The lowest BCUT2D eigenvalue weighted by atomic mass is 10.0. The summed E-state index contributed by atoms with van der Waals surface area (Å²) < 4.78 is 15.7. The monoisotopic (exact) mass is 483 g/mol. The van der Waals surface area contributed by atoms with Gasteiger partial charge in [-0.15, -0.1) is 0 Å². The van der Waals surface area contributed by atoms with Gasteiger partial charge in [-0.3, -0.25) is 9.59 Å². The van der Waals surface area contributed by atoms with Gasteiger partial charge >= 0.3 is 5.97 Å². The SMILES string of the molecule is CCOC(=O)COc1ccc(/C=N\NC(=O)[C@H](CC(C)C)NC(=O)COc2ccccc2C)cc1. The lowest BCUT2D eigenvalue weighted by Gasteiger charge is -2.19. The van der Waals surface area contributed by atoms with Gasteiger partial charge in [-0.25, -0.2) is 10.2 Å². The third-order valence-corrected chi connectivity index (χ3v) is 4.74. The minimum Gasteiger partial charge on any atom is -0.484 e. The first-order valence-electron chi connectivity index (χ1n) is 11.5. The second-order valence-corrected chi connectivity index (χ2v) is 8.20. The Labute approximate surface area is 205 Å². The number of ether oxygens (including phenoxy) is 3. The Morgan fingerprint density at radius 2 is 1.71 bits per heavy atom. The standard InChI is InChI=1S/C26H33N3O6/c1-5-33-25(31)17-34-21-12-10-20(11-13-21)15-27-29-26(32)22(14-18(2)3)28-24(30)16-35-23-9-7-6-8-19(23)4/h6-13,15,18,22H,5,14,16-17H2,1-4H3,(H,28,30)(H,29,32)/b27-15-/t22-/m0/s1. The van der Waals surface area contributed by atoms with Gasteiger partial charge in [0.05, 0.1) is 12.8 Å². The number of carbonyl (C=O) groups is 3. The molecule has 2 aromatic rings. The highest BCUT2D eigenvalue weighted by Gasteiger charge is 2.22. The Balaban J connectivity index is 1.86. The molecule has 35 heavy (non-hydrogen) atoms. The summed E-state index contributed by atoms with van der Waals surface area (Å²) in [4.78, 5) is 36.4. The number of para-hydroxylation sites is 1. The van der Waals surface area contributed by atoms with Crippen LogP contribution in [0, 0.1) is 12.8 Å². The van der Waals surface area contributed by atoms with Gasteiger partial charge in [-0.2, -0.15) is 5.10 Å². The van der Waals surface area contributed by atoms with Crippen LogP contribution in [0.3, 0.4) is 0 Å². The van der Waals surface area contributed by atoms with Gasteiger partial charge in [0.25, 0.3) is 11.8 Å². The summed E-state index contributed by atoms with van der Waals surface area (Å²) in [6.45, 7) is 7.48. The molecule has 9 heteroatoms. The van der Waals surface area contributed by atoms with Crippen LogP contribution in [-0.2, 0) is 19.1 Å². The maximum atomic E-state index is 12.6. The largest absolute Gasteiger partial charge is 0.484 e. The van der Waals surface area contributed by atoms with Crippen LogP contribution < -0.4 is 20.2 Å². The number of amides is 2. The highest BCUT2D eigenvalue weighted by molar-refractivity contribution is 5.89. The molecule has 0 saturated carbocycles. The lowest BCUT2D eigenvalue weighted by Crippen LogP contribution is -2.47. The third kappa shape index (κ3) is 10.3. The summed E-state index contributed by atoms with van der Waals surface area (Å²) in [5.41, 5.74) is 4.11. The van der Waals surface area contributed by atoms with Gasteiger partial charge in [-0.05, 0) is 67.6 Å². The number of rotatable bonds is 13. The van der Waals surface area contributed by atoms with E-state index in [2.05, 4.69) is 15.8 Å². The molecule has 0 unspecified atom stereocenters. The maximum Gasteiger partial charge on any atom is 0.344 e. The van der Waals surface area contributed by atoms with E-state index in [9.17, 15) is 14.4 Å². The predicted molar refractivity (Wildman–Crippen MR) is 132 cm³/mol. The molecule has 0 saturated heterocycles. The molecule has 0 aromatic heterocycles. The Morgan fingerprint density at radius 3 is 2.37 bits per heavy atom. The number of hydrogen-bond acceptors (Lipinski definition) is 7. The van der Waals surface area contributed by atoms with Crippen molar-refractivity contribution in [2.24, 2.45) is 11.0 Å². The molecule has 0 bridgehead atoms. The molecule has 2 aromatic carbocycles. The number of nitrogens with zero attached hydrogens (tertiary/aromatic N) is 1. The van der Waals surface area contributed by atoms with Crippen molar-refractivity contribution in [1.82, 2.24) is 10.7 Å². The van der Waals surface area contributed by atoms with Crippen molar-refractivity contribution in [2.75, 3.05) is 19.8 Å². The van der Waals surface area contributed by atoms with E-state index in [0.717, 1.165) is 5.56 Å². The number of hydrazone groups is 1. The van der Waals surface area contributed by atoms with Crippen LogP contribution in [-0.4, -0.2) is 49.9 Å². The van der Waals surface area contributed by atoms with Crippen molar-refractivity contribution in [3.05, 3.63) is 59.7 Å². The average Bonchev–Trinajstić information content (AvgIpc) is 2.82. The first-order chi connectivity index (χ1) is 16.8. The number of esters is 1. The Morgan fingerprint density at radius 1 is 1.00 bits per heavy atom. The average molecular weight is 484 g/mol. The number of aryl methyl sites for hydroxylation is 1. The molecular formula is C26H33N3O6. The van der Waals surface area contributed by atoms with Gasteiger partial charge in [-0.1, -0.05) is 32.0 Å². The zero-order valence-corrected chi connectivity index (χ0v) is 20.6. The molecule has 0 aliphatic carbocycles. The number of nitrogens with one attached hydrogen (secondary N) is 2. The van der Waals surface area contributed by atoms with Crippen molar-refractivity contribution in [1.29, 1.82) is 0 Å². The Kier molecular flexibility index (Phi) is 11.3. The summed E-state index contributed by atoms with van der Waals surface area (Å²) in [5.74, 6) is 0.0476. The summed E-state index contributed by atoms with van der Waals surface area (Å²) >= 11 is 0. The zero-order valence-electron chi connectivity index (χ0n) is 20.6. The second-order valence-electron chi connectivity index (χ2n) is 8.20. The van der Waals surface area contributed by atoms with Crippen LogP contribution in [0.25, 0.3) is 0 Å². The molecule has 0 aliphatic rings. The van der Waals surface area contributed by atoms with Crippen LogP contribution in [0.2, 0.25) is 0 Å². The molecule has 9 nitrogen and oxygen atoms in total. The van der Waals surface area contributed by atoms with Gasteiger partial charge in [0.2, 0.25) is 0 Å². The van der Waals surface area contributed by atoms with Crippen LogP contribution >= 0.6 is 0 Å². The molecule has 0 fully saturated rings. The fourth-order valence-electron chi connectivity index (χ4n) is 3.04. The number of hydrogen-bond donors (Lipinski definition) is 2. The molecule has 2 N–H and O–H groups in total. The zero-order chi connectivity index (χ0) is 25.6. The first kappa shape index (κ1) is 27.4. The lowest BCUT2D eigenvalue weighted by molar-refractivity contribution is -0.145. The molecule has 0 spiro atoms. The van der Waals surface area contributed by atoms with E-state index in [0.29, 0.717) is 30.1 Å². The van der Waals surface area contributed by atoms with E-state index in [1.165, 1.54) is 6.21 Å². The summed E-state index contributed by atoms with van der Waals surface area (Å²) in [6, 6.07) is 13.5. The molecule has 0 radical (unpaired) electrons. The topological polar surface area (TPSA) is 115 Å². The van der Waals surface area contributed by atoms with Gasteiger partial charge in [0.1, 0.15) is 17.5 Å². The minimum atomic E-state index is -0.751. The van der Waals surface area contributed by atoms with Crippen molar-refractivity contribution in [2.45, 2.75) is 40.2 Å². The second kappa shape index (κ2) is 14.4. The summed E-state index contributed by atoms with van der Waals surface area (Å²) in [6.07, 6.45) is 1.92. The molecule has 188 valence electrons. The van der Waals surface area contributed by atoms with E-state index >= 15 is 0 Å². The molecule has 1 atom stereocenters. The Hall–Kier alpha value is -3.88. The third-order valence-electron chi connectivity index (χ3n) is 4.74. The highest BCUT2D eigenvalue weighted by atomic mass is 16.6. The van der Waals surface area contributed by atoms with Crippen LogP contribution in [0.1, 0.15) is 38.3 Å². The van der Waals surface area contributed by atoms with Gasteiger partial charge < -0.3 is 19.5 Å². The molecule has 0 heterocycles. The predicted octanol–water partition coefficient (Wildman–Crippen LogP) is 3.00. The summed E-state index contributed by atoms with van der Waals surface area (Å²) in [7, 11) is 0. The van der Waals surface area contributed by atoms with Crippen LogP contribution in [0.15, 0.2) is 53.6 Å². The Bertz CT molecular complexity index is 1000. The van der Waals surface area contributed by atoms with E-state index in [1.807, 2.05) is 39.0 Å². The normalized spacial score (nSPS) is 11.7. The van der Waals surface area contributed by atoms with Gasteiger partial charge in [0, 0.05) is 0 Å². The summed E-state index contributed by atoms with van der Waals surface area (Å²) in [5, 5.41) is 6.71. The first-order valence-corrected chi connectivity index (χ1v) is 11.5. The van der Waals surface area contributed by atoms with Gasteiger partial charge in [0.15, 0.2) is 13.2 Å². The van der Waals surface area contributed by atoms with Crippen molar-refractivity contribution in [3.8, 4) is 11.5 Å². The van der Waals surface area contributed by atoms with Crippen LogP contribution in [0.5, 0.6) is 11.5 Å². The fraction of sp³-hybridized carbons (Fsp3) is 0.385. The maximum absolute atomic E-state index is 12.6. The molecular weight excluding hydrogens is 450 g/mol. The minimum absolute atomic E-state index is 0.170. The number of carbonyl (C=O) groups excluding carboxylic acids is 3. The van der Waals surface area contributed by atoms with Crippen molar-refractivity contribution < 1.29 is 28.6 Å². The molecule has 2 rings (SSSR count). The smallest absolute Gasteiger partial charge is 0.344 e. The molecule has 0 aliphatic heterocycles. The molecule has 2 amide bonds. The highest BCUT2D eigenvalue weighted by Crippen LogP contribution is 2.16. The van der Waals surface area contributed by atoms with Crippen LogP contribution in [0.4, 0.5) is 0 Å². The van der Waals surface area contributed by atoms with E-state index in [4.69, 9.17) is 14.2 Å². The van der Waals surface area contributed by atoms with E-state index < -0.39 is 23.8 Å². The van der Waals surface area contributed by atoms with Crippen molar-refractivity contribution >= 4 is 24.0 Å². The van der Waals surface area contributed by atoms with Crippen molar-refractivity contribution in [3.63, 3.8) is 0 Å².